The minimum atomic E-state index is -0.294. The Morgan fingerprint density at radius 3 is 2.52 bits per heavy atom. The van der Waals surface area contributed by atoms with Crippen molar-refractivity contribution in [1.82, 2.24) is 4.57 Å². The zero-order valence-corrected chi connectivity index (χ0v) is 12.5. The first-order valence-corrected chi connectivity index (χ1v) is 6.91. The second-order valence-electron chi connectivity index (χ2n) is 4.80. The number of rotatable bonds is 4. The van der Waals surface area contributed by atoms with Crippen molar-refractivity contribution in [1.29, 1.82) is 5.26 Å². The molecular weight excluding hydrogens is 264 g/mol. The summed E-state index contributed by atoms with van der Waals surface area (Å²) in [6.45, 7) is 6.07. The fourth-order valence-corrected chi connectivity index (χ4v) is 2.43. The van der Waals surface area contributed by atoms with Crippen LogP contribution >= 0.6 is 0 Å². The maximum atomic E-state index is 11.8. The number of hydrogen-bond donors (Lipinski definition) is 0. The van der Waals surface area contributed by atoms with E-state index in [1.54, 1.807) is 6.92 Å². The fraction of sp³-hybridized carbons (Fsp3) is 0.294. The van der Waals surface area contributed by atoms with E-state index < -0.39 is 0 Å². The van der Waals surface area contributed by atoms with Crippen LogP contribution in [0.3, 0.4) is 0 Å². The number of hydrogen-bond acceptors (Lipinski definition) is 3. The van der Waals surface area contributed by atoms with Gasteiger partial charge in [0.1, 0.15) is 12.6 Å². The molecule has 2 aromatic rings. The van der Waals surface area contributed by atoms with E-state index in [0.29, 0.717) is 12.2 Å². The summed E-state index contributed by atoms with van der Waals surface area (Å²) in [6.07, 6.45) is 0. The summed E-state index contributed by atoms with van der Waals surface area (Å²) in [6, 6.07) is 11.9. The highest BCUT2D eigenvalue weighted by molar-refractivity contribution is 5.75. The Balaban J connectivity index is 2.59. The van der Waals surface area contributed by atoms with E-state index in [0.717, 1.165) is 22.5 Å². The zero-order valence-electron chi connectivity index (χ0n) is 12.5. The van der Waals surface area contributed by atoms with Crippen LogP contribution in [0, 0.1) is 25.2 Å². The van der Waals surface area contributed by atoms with E-state index in [1.807, 2.05) is 48.7 Å². The number of aromatic nitrogens is 1. The number of esters is 1. The average Bonchev–Trinajstić information content (AvgIpc) is 2.72. The molecule has 0 amide bonds. The van der Waals surface area contributed by atoms with Crippen molar-refractivity contribution in [2.24, 2.45) is 0 Å². The predicted molar refractivity (Wildman–Crippen MR) is 80.7 cm³/mol. The molecule has 0 aliphatic heterocycles. The van der Waals surface area contributed by atoms with Gasteiger partial charge >= 0.3 is 5.97 Å². The molecule has 0 spiro atoms. The Morgan fingerprint density at radius 2 is 1.95 bits per heavy atom. The van der Waals surface area contributed by atoms with Crippen molar-refractivity contribution in [2.75, 3.05) is 6.61 Å². The summed E-state index contributed by atoms with van der Waals surface area (Å²) in [5, 5.41) is 9.46. The van der Waals surface area contributed by atoms with Crippen molar-refractivity contribution in [3.63, 3.8) is 0 Å². The zero-order chi connectivity index (χ0) is 15.4. The van der Waals surface area contributed by atoms with Crippen molar-refractivity contribution < 1.29 is 9.53 Å². The Morgan fingerprint density at radius 1 is 1.29 bits per heavy atom. The molecule has 0 bridgehead atoms. The molecule has 1 aromatic carbocycles. The third kappa shape index (κ3) is 2.82. The van der Waals surface area contributed by atoms with Crippen LogP contribution in [0.1, 0.15) is 23.7 Å². The first kappa shape index (κ1) is 14.9. The van der Waals surface area contributed by atoms with Gasteiger partial charge in [0, 0.05) is 5.69 Å². The third-order valence-corrected chi connectivity index (χ3v) is 3.58. The van der Waals surface area contributed by atoms with E-state index >= 15 is 0 Å². The molecule has 108 valence electrons. The van der Waals surface area contributed by atoms with Gasteiger partial charge in [-0.1, -0.05) is 30.3 Å². The van der Waals surface area contributed by atoms with Crippen LogP contribution in [-0.2, 0) is 16.1 Å². The van der Waals surface area contributed by atoms with Crippen molar-refractivity contribution >= 4 is 5.97 Å². The largest absolute Gasteiger partial charge is 0.465 e. The Labute approximate surface area is 124 Å². The van der Waals surface area contributed by atoms with Crippen LogP contribution in [0.4, 0.5) is 0 Å². The SMILES string of the molecule is CCOC(=O)Cn1c(C)c(C)c(C#N)c1-c1ccccc1. The number of nitriles is 1. The average molecular weight is 282 g/mol. The number of benzene rings is 1. The van der Waals surface area contributed by atoms with Gasteiger partial charge in [0.15, 0.2) is 0 Å². The lowest BCUT2D eigenvalue weighted by atomic mass is 10.1. The number of ether oxygens (including phenoxy) is 1. The van der Waals surface area contributed by atoms with Gasteiger partial charge in [-0.2, -0.15) is 5.26 Å². The normalized spacial score (nSPS) is 10.2. The lowest BCUT2D eigenvalue weighted by molar-refractivity contribution is -0.143. The van der Waals surface area contributed by atoms with Crippen LogP contribution in [0.5, 0.6) is 0 Å². The third-order valence-electron chi connectivity index (χ3n) is 3.58. The minimum Gasteiger partial charge on any atom is -0.465 e. The quantitative estimate of drug-likeness (QED) is 0.809. The fourth-order valence-electron chi connectivity index (χ4n) is 2.43. The highest BCUT2D eigenvalue weighted by atomic mass is 16.5. The van der Waals surface area contributed by atoms with Crippen molar-refractivity contribution in [3.05, 3.63) is 47.2 Å². The van der Waals surface area contributed by atoms with Gasteiger partial charge in [0.25, 0.3) is 0 Å². The molecule has 0 saturated carbocycles. The smallest absolute Gasteiger partial charge is 0.325 e. The van der Waals surface area contributed by atoms with Crippen LogP contribution in [0.25, 0.3) is 11.3 Å². The van der Waals surface area contributed by atoms with Crippen LogP contribution in [0.15, 0.2) is 30.3 Å². The molecule has 0 fully saturated rings. The molecule has 0 unspecified atom stereocenters. The molecule has 1 heterocycles. The first-order valence-electron chi connectivity index (χ1n) is 6.91. The molecule has 0 aliphatic rings. The van der Waals surface area contributed by atoms with Gasteiger partial charge in [-0.3, -0.25) is 4.79 Å². The van der Waals surface area contributed by atoms with Crippen LogP contribution in [-0.4, -0.2) is 17.1 Å². The van der Waals surface area contributed by atoms with E-state index in [1.165, 1.54) is 0 Å². The van der Waals surface area contributed by atoms with Gasteiger partial charge in [0.05, 0.1) is 17.9 Å². The molecular formula is C17H18N2O2. The molecule has 0 saturated heterocycles. The summed E-state index contributed by atoms with van der Waals surface area (Å²) < 4.78 is 6.89. The standard InChI is InChI=1S/C17H18N2O2/c1-4-21-16(20)11-19-13(3)12(2)15(10-18)17(19)14-8-6-5-7-9-14/h5-9H,4,11H2,1-3H3. The molecule has 0 N–H and O–H groups in total. The number of nitrogens with zero attached hydrogens (tertiary/aromatic N) is 2. The van der Waals surface area contributed by atoms with Gasteiger partial charge in [-0.25, -0.2) is 0 Å². The first-order chi connectivity index (χ1) is 10.1. The van der Waals surface area contributed by atoms with E-state index in [-0.39, 0.29) is 12.5 Å². The highest BCUT2D eigenvalue weighted by Gasteiger charge is 2.20. The second kappa shape index (κ2) is 6.27. The summed E-state index contributed by atoms with van der Waals surface area (Å²) in [7, 11) is 0. The van der Waals surface area contributed by atoms with Gasteiger partial charge in [-0.05, 0) is 31.9 Å². The molecule has 4 nitrogen and oxygen atoms in total. The summed E-state index contributed by atoms with van der Waals surface area (Å²) >= 11 is 0. The monoisotopic (exact) mass is 282 g/mol. The Bertz CT molecular complexity index is 694. The Kier molecular flexibility index (Phi) is 4.44. The van der Waals surface area contributed by atoms with Gasteiger partial charge in [0.2, 0.25) is 0 Å². The van der Waals surface area contributed by atoms with Crippen LogP contribution in [0.2, 0.25) is 0 Å². The minimum absolute atomic E-state index is 0.117. The molecule has 0 aliphatic carbocycles. The molecule has 4 heteroatoms. The number of carbonyl (C=O) groups is 1. The van der Waals surface area contributed by atoms with Crippen molar-refractivity contribution in [3.8, 4) is 17.3 Å². The van der Waals surface area contributed by atoms with Gasteiger partial charge < -0.3 is 9.30 Å². The molecule has 0 radical (unpaired) electrons. The lowest BCUT2D eigenvalue weighted by Gasteiger charge is -2.11. The van der Waals surface area contributed by atoms with Crippen LogP contribution < -0.4 is 0 Å². The summed E-state index contributed by atoms with van der Waals surface area (Å²) in [5.74, 6) is -0.294. The molecule has 2 rings (SSSR count). The summed E-state index contributed by atoms with van der Waals surface area (Å²) in [4.78, 5) is 11.8. The number of carbonyl (C=O) groups excluding carboxylic acids is 1. The van der Waals surface area contributed by atoms with Gasteiger partial charge in [-0.15, -0.1) is 0 Å². The topological polar surface area (TPSA) is 55.0 Å². The van der Waals surface area contributed by atoms with E-state index in [2.05, 4.69) is 6.07 Å². The lowest BCUT2D eigenvalue weighted by Crippen LogP contribution is -2.15. The summed E-state index contributed by atoms with van der Waals surface area (Å²) in [5.41, 5.74) is 4.14. The molecule has 21 heavy (non-hydrogen) atoms. The molecule has 0 atom stereocenters. The maximum Gasteiger partial charge on any atom is 0.325 e. The van der Waals surface area contributed by atoms with E-state index in [9.17, 15) is 10.1 Å². The Hall–Kier alpha value is -2.54. The van der Waals surface area contributed by atoms with Crippen molar-refractivity contribution in [2.45, 2.75) is 27.3 Å². The predicted octanol–water partition coefficient (Wildman–Crippen LogP) is 3.21. The molecule has 1 aromatic heterocycles. The van der Waals surface area contributed by atoms with E-state index in [4.69, 9.17) is 4.74 Å². The maximum absolute atomic E-state index is 11.8. The highest BCUT2D eigenvalue weighted by Crippen LogP contribution is 2.30. The second-order valence-corrected chi connectivity index (χ2v) is 4.80.